The molecule has 0 bridgehead atoms. The normalized spacial score (nSPS) is 18.6. The maximum atomic E-state index is 13.6. The van der Waals surface area contributed by atoms with E-state index in [2.05, 4.69) is 20.5 Å². The molecule has 1 aromatic carbocycles. The van der Waals surface area contributed by atoms with Crippen LogP contribution in [0.4, 0.5) is 37.8 Å². The number of furan rings is 1. The van der Waals surface area contributed by atoms with Gasteiger partial charge in [-0.1, -0.05) is 0 Å². The van der Waals surface area contributed by atoms with E-state index < -0.39 is 42.7 Å². The summed E-state index contributed by atoms with van der Waals surface area (Å²) in [6.07, 6.45) is -7.58. The van der Waals surface area contributed by atoms with Gasteiger partial charge in [0.1, 0.15) is 22.9 Å². The number of nitrogens with one attached hydrogen (secondary N) is 2. The molecule has 0 fully saturated rings. The van der Waals surface area contributed by atoms with Crippen LogP contribution in [-0.4, -0.2) is 28.2 Å². The van der Waals surface area contributed by atoms with Crippen LogP contribution in [0, 0.1) is 0 Å². The lowest BCUT2D eigenvalue weighted by Crippen LogP contribution is -2.36. The third-order valence-electron chi connectivity index (χ3n) is 4.72. The molecule has 0 saturated carbocycles. The number of halogens is 6. The number of benzene rings is 1. The molecule has 32 heavy (non-hydrogen) atoms. The third kappa shape index (κ3) is 4.50. The second-order valence-electron chi connectivity index (χ2n) is 6.88. The van der Waals surface area contributed by atoms with Gasteiger partial charge in [0.05, 0.1) is 18.5 Å². The van der Waals surface area contributed by atoms with E-state index in [-0.39, 0.29) is 22.8 Å². The van der Waals surface area contributed by atoms with Crippen LogP contribution in [0.3, 0.4) is 0 Å². The number of fused-ring (bicyclic) bond motifs is 1. The van der Waals surface area contributed by atoms with Gasteiger partial charge in [0, 0.05) is 12.1 Å². The molecule has 2 atom stereocenters. The molecule has 0 unspecified atom stereocenters. The summed E-state index contributed by atoms with van der Waals surface area (Å²) < 4.78 is 87.3. The van der Waals surface area contributed by atoms with Gasteiger partial charge in [0.2, 0.25) is 0 Å². The Morgan fingerprint density at radius 2 is 1.88 bits per heavy atom. The van der Waals surface area contributed by atoms with Gasteiger partial charge in [-0.05, 0) is 36.4 Å². The van der Waals surface area contributed by atoms with Gasteiger partial charge in [-0.3, -0.25) is 4.79 Å². The second-order valence-corrected chi connectivity index (χ2v) is 6.88. The fourth-order valence-electron chi connectivity index (χ4n) is 3.34. The van der Waals surface area contributed by atoms with Crippen LogP contribution in [0.2, 0.25) is 0 Å². The van der Waals surface area contributed by atoms with Crippen molar-refractivity contribution >= 4 is 17.4 Å². The molecule has 2 aromatic heterocycles. The summed E-state index contributed by atoms with van der Waals surface area (Å²) in [5.74, 6) is -1.19. The van der Waals surface area contributed by atoms with Gasteiger partial charge >= 0.3 is 12.5 Å². The predicted octanol–water partition coefficient (Wildman–Crippen LogP) is 5.29. The minimum Gasteiger partial charge on any atom is -0.467 e. The fraction of sp³-hybridized carbons (Fsp3) is 0.263. The Morgan fingerprint density at radius 1 is 1.16 bits per heavy atom. The van der Waals surface area contributed by atoms with Crippen LogP contribution in [0.25, 0.3) is 0 Å². The van der Waals surface area contributed by atoms with E-state index in [1.807, 2.05) is 0 Å². The summed E-state index contributed by atoms with van der Waals surface area (Å²) in [6, 6.07) is 4.50. The van der Waals surface area contributed by atoms with Crippen molar-refractivity contribution in [1.29, 1.82) is 0 Å². The summed E-state index contributed by atoms with van der Waals surface area (Å²) in [7, 11) is 0. The molecular formula is C19H14F6N4O3. The van der Waals surface area contributed by atoms with Gasteiger partial charge in [-0.15, -0.1) is 13.2 Å². The Kier molecular flexibility index (Phi) is 5.26. The molecule has 3 aromatic rings. The first-order valence-corrected chi connectivity index (χ1v) is 9.12. The molecule has 0 radical (unpaired) electrons. The molecule has 7 nitrogen and oxygen atoms in total. The molecule has 1 amide bonds. The number of hydrogen-bond acceptors (Lipinski definition) is 5. The van der Waals surface area contributed by atoms with Crippen molar-refractivity contribution in [2.24, 2.45) is 0 Å². The Morgan fingerprint density at radius 3 is 2.47 bits per heavy atom. The number of nitrogens with zero attached hydrogens (tertiary/aromatic N) is 2. The summed E-state index contributed by atoms with van der Waals surface area (Å²) in [6.45, 7) is 0. The molecule has 0 aliphatic carbocycles. The topological polar surface area (TPSA) is 81.3 Å². The van der Waals surface area contributed by atoms with Crippen molar-refractivity contribution in [3.8, 4) is 5.75 Å². The number of carbonyl (C=O) groups excluding carboxylic acids is 1. The van der Waals surface area contributed by atoms with Crippen molar-refractivity contribution < 1.29 is 40.3 Å². The monoisotopic (exact) mass is 460 g/mol. The highest BCUT2D eigenvalue weighted by molar-refractivity contribution is 6.07. The summed E-state index contributed by atoms with van der Waals surface area (Å²) in [4.78, 5) is 12.7. The summed E-state index contributed by atoms with van der Waals surface area (Å²) in [5, 5.41) is 9.00. The van der Waals surface area contributed by atoms with Crippen LogP contribution < -0.4 is 15.4 Å². The number of anilines is 2. The van der Waals surface area contributed by atoms with Crippen molar-refractivity contribution in [1.82, 2.24) is 9.78 Å². The summed E-state index contributed by atoms with van der Waals surface area (Å²) >= 11 is 0. The molecule has 0 spiro atoms. The number of alkyl halides is 6. The Hall–Kier alpha value is -3.64. The molecule has 1 aliphatic heterocycles. The van der Waals surface area contributed by atoms with E-state index in [0.717, 1.165) is 30.5 Å². The second kappa shape index (κ2) is 7.80. The van der Waals surface area contributed by atoms with E-state index in [0.29, 0.717) is 4.68 Å². The molecule has 170 valence electrons. The first kappa shape index (κ1) is 21.6. The van der Waals surface area contributed by atoms with E-state index in [4.69, 9.17) is 4.42 Å². The average Bonchev–Trinajstić information content (AvgIpc) is 3.36. The maximum absolute atomic E-state index is 13.6. The highest BCUT2D eigenvalue weighted by Gasteiger charge is 2.47. The summed E-state index contributed by atoms with van der Waals surface area (Å²) in [5.41, 5.74) is -0.0682. The van der Waals surface area contributed by atoms with E-state index in [9.17, 15) is 31.1 Å². The first-order valence-electron chi connectivity index (χ1n) is 9.12. The first-order chi connectivity index (χ1) is 15.0. The van der Waals surface area contributed by atoms with E-state index in [1.54, 1.807) is 0 Å². The number of aromatic nitrogens is 2. The number of amides is 1. The lowest BCUT2D eigenvalue weighted by molar-refractivity contribution is -0.274. The van der Waals surface area contributed by atoms with Crippen molar-refractivity contribution in [2.45, 2.75) is 31.0 Å². The van der Waals surface area contributed by atoms with Crippen molar-refractivity contribution in [3.63, 3.8) is 0 Å². The molecule has 0 saturated heterocycles. The fourth-order valence-corrected chi connectivity index (χ4v) is 3.34. The Balaban J connectivity index is 1.58. The van der Waals surface area contributed by atoms with Crippen LogP contribution >= 0.6 is 0 Å². The highest BCUT2D eigenvalue weighted by atomic mass is 19.4. The molecule has 1 aliphatic rings. The quantitative estimate of drug-likeness (QED) is 0.518. The Bertz CT molecular complexity index is 1090. The van der Waals surface area contributed by atoms with Crippen molar-refractivity contribution in [3.05, 3.63) is 60.2 Å². The maximum Gasteiger partial charge on any atom is 0.573 e. The van der Waals surface area contributed by atoms with Crippen LogP contribution in [-0.2, 0) is 0 Å². The van der Waals surface area contributed by atoms with E-state index in [1.165, 1.54) is 18.4 Å². The number of rotatable bonds is 4. The minimum absolute atomic E-state index is 0.107. The van der Waals surface area contributed by atoms with Gasteiger partial charge in [-0.25, -0.2) is 4.68 Å². The van der Waals surface area contributed by atoms with Gasteiger partial charge in [0.15, 0.2) is 6.04 Å². The predicted molar refractivity (Wildman–Crippen MR) is 98.1 cm³/mol. The van der Waals surface area contributed by atoms with Crippen LogP contribution in [0.1, 0.15) is 34.6 Å². The third-order valence-corrected chi connectivity index (χ3v) is 4.72. The number of ether oxygens (including phenoxy) is 1. The smallest absolute Gasteiger partial charge is 0.467 e. The molecule has 2 N–H and O–H groups in total. The SMILES string of the molecule is O=C(Nc1ccc(OC(F)(F)F)cc1)c1cnn2c1N[C@H](c1ccco1)C[C@H]2C(F)(F)F. The highest BCUT2D eigenvalue weighted by Crippen LogP contribution is 2.44. The van der Waals surface area contributed by atoms with Gasteiger partial charge in [-0.2, -0.15) is 18.3 Å². The minimum atomic E-state index is -4.87. The standard InChI is InChI=1S/C19H14F6N4O3/c20-18(21,22)15-8-13(14-2-1-7-31-14)28-16-12(9-26-29(15)16)17(30)27-10-3-5-11(6-4-10)32-19(23,24)25/h1-7,9,13,15,28H,8H2,(H,27,30)/t13-,15-/m0/s1. The molecule has 13 heteroatoms. The molecule has 3 heterocycles. The largest absolute Gasteiger partial charge is 0.573 e. The number of carbonyl (C=O) groups is 1. The van der Waals surface area contributed by atoms with Crippen LogP contribution in [0.15, 0.2) is 53.3 Å². The lowest BCUT2D eigenvalue weighted by Gasteiger charge is -2.32. The zero-order chi connectivity index (χ0) is 23.1. The van der Waals surface area contributed by atoms with Gasteiger partial charge < -0.3 is 19.8 Å². The molecule has 4 rings (SSSR count). The average molecular weight is 460 g/mol. The van der Waals surface area contributed by atoms with E-state index >= 15 is 0 Å². The van der Waals surface area contributed by atoms with Crippen LogP contribution in [0.5, 0.6) is 5.75 Å². The van der Waals surface area contributed by atoms with Crippen molar-refractivity contribution in [2.75, 3.05) is 10.6 Å². The zero-order valence-corrected chi connectivity index (χ0v) is 15.9. The number of hydrogen-bond donors (Lipinski definition) is 2. The lowest BCUT2D eigenvalue weighted by atomic mass is 10.0. The molecular weight excluding hydrogens is 446 g/mol. The van der Waals surface area contributed by atoms with Gasteiger partial charge in [0.25, 0.3) is 5.91 Å². The Labute approximate surface area is 175 Å². The zero-order valence-electron chi connectivity index (χ0n) is 15.9.